The van der Waals surface area contributed by atoms with Crippen LogP contribution in [-0.4, -0.2) is 51.8 Å². The van der Waals surface area contributed by atoms with E-state index in [1.54, 1.807) is 0 Å². The number of nitrogens with zero attached hydrogens (tertiary/aromatic N) is 1. The van der Waals surface area contributed by atoms with E-state index in [1.807, 2.05) is 0 Å². The van der Waals surface area contributed by atoms with E-state index >= 15 is 0 Å². The Morgan fingerprint density at radius 2 is 2.19 bits per heavy atom. The lowest BCUT2D eigenvalue weighted by atomic mass is 9.99. The van der Waals surface area contributed by atoms with Crippen molar-refractivity contribution >= 4 is 10.0 Å². The highest BCUT2D eigenvalue weighted by Crippen LogP contribution is 2.18. The number of sulfonamides is 1. The van der Waals surface area contributed by atoms with E-state index in [4.69, 9.17) is 5.73 Å². The third kappa shape index (κ3) is 5.25. The molecular formula is C10H23N3O2S. The van der Waals surface area contributed by atoms with Gasteiger partial charge in [0.1, 0.15) is 0 Å². The van der Waals surface area contributed by atoms with Crippen LogP contribution in [0.3, 0.4) is 0 Å². The van der Waals surface area contributed by atoms with Gasteiger partial charge < -0.3 is 5.73 Å². The topological polar surface area (TPSA) is 75.4 Å². The molecule has 0 aliphatic carbocycles. The first-order chi connectivity index (χ1) is 7.53. The summed E-state index contributed by atoms with van der Waals surface area (Å²) >= 11 is 0. The molecule has 0 spiro atoms. The van der Waals surface area contributed by atoms with E-state index in [0.29, 0.717) is 19.1 Å². The number of likely N-dealkylation sites (tertiary alicyclic amines) is 1. The molecule has 0 saturated carbocycles. The summed E-state index contributed by atoms with van der Waals surface area (Å²) in [4.78, 5) is 2.38. The average Bonchev–Trinajstić information content (AvgIpc) is 2.19. The van der Waals surface area contributed by atoms with E-state index in [2.05, 4.69) is 9.62 Å². The number of piperidine rings is 1. The number of hydrogen-bond donors (Lipinski definition) is 2. The molecule has 6 heteroatoms. The largest absolute Gasteiger partial charge is 0.329 e. The third-order valence-electron chi connectivity index (χ3n) is 3.01. The molecule has 1 heterocycles. The van der Waals surface area contributed by atoms with Crippen LogP contribution in [0.1, 0.15) is 25.7 Å². The predicted octanol–water partition coefficient (Wildman–Crippen LogP) is -0.261. The highest BCUT2D eigenvalue weighted by atomic mass is 32.2. The molecule has 96 valence electrons. The molecule has 1 rings (SSSR count). The molecule has 1 fully saturated rings. The van der Waals surface area contributed by atoms with Gasteiger partial charge in [-0.3, -0.25) is 4.90 Å². The Balaban J connectivity index is 2.32. The molecule has 1 saturated heterocycles. The molecule has 16 heavy (non-hydrogen) atoms. The van der Waals surface area contributed by atoms with Crippen LogP contribution in [0, 0.1) is 0 Å². The van der Waals surface area contributed by atoms with Crippen LogP contribution in [0.4, 0.5) is 0 Å². The summed E-state index contributed by atoms with van der Waals surface area (Å²) in [5.41, 5.74) is 5.57. The fraction of sp³-hybridized carbons (Fsp3) is 1.00. The summed E-state index contributed by atoms with van der Waals surface area (Å²) in [5, 5.41) is 0. The van der Waals surface area contributed by atoms with Crippen LogP contribution in [0.15, 0.2) is 0 Å². The quantitative estimate of drug-likeness (QED) is 0.680. The first-order valence-corrected chi connectivity index (χ1v) is 7.81. The molecule has 0 amide bonds. The Morgan fingerprint density at radius 3 is 2.81 bits per heavy atom. The number of rotatable bonds is 6. The second kappa shape index (κ2) is 6.54. The second-order valence-corrected chi connectivity index (χ2v) is 6.26. The van der Waals surface area contributed by atoms with Crippen LogP contribution >= 0.6 is 0 Å². The molecule has 0 aromatic heterocycles. The van der Waals surface area contributed by atoms with Crippen molar-refractivity contribution in [3.05, 3.63) is 0 Å². The van der Waals surface area contributed by atoms with E-state index in [-0.39, 0.29) is 0 Å². The van der Waals surface area contributed by atoms with Gasteiger partial charge in [-0.1, -0.05) is 6.42 Å². The first-order valence-electron chi connectivity index (χ1n) is 5.91. The van der Waals surface area contributed by atoms with Gasteiger partial charge in [-0.15, -0.1) is 0 Å². The van der Waals surface area contributed by atoms with Crippen molar-refractivity contribution < 1.29 is 8.42 Å². The smallest absolute Gasteiger partial charge is 0.208 e. The molecule has 1 unspecified atom stereocenters. The molecule has 1 aliphatic heterocycles. The van der Waals surface area contributed by atoms with Gasteiger partial charge in [0.2, 0.25) is 10.0 Å². The fourth-order valence-electron chi connectivity index (χ4n) is 2.26. The van der Waals surface area contributed by atoms with Crippen LogP contribution in [0.25, 0.3) is 0 Å². The Hall–Kier alpha value is -0.170. The van der Waals surface area contributed by atoms with Crippen molar-refractivity contribution in [2.75, 3.05) is 32.4 Å². The lowest BCUT2D eigenvalue weighted by molar-refractivity contribution is 0.145. The Morgan fingerprint density at radius 1 is 1.44 bits per heavy atom. The summed E-state index contributed by atoms with van der Waals surface area (Å²) in [6.45, 7) is 3.23. The zero-order valence-corrected chi connectivity index (χ0v) is 10.8. The van der Waals surface area contributed by atoms with Gasteiger partial charge >= 0.3 is 0 Å². The summed E-state index contributed by atoms with van der Waals surface area (Å²) in [6, 6.07) is 0.492. The lowest BCUT2D eigenvalue weighted by Gasteiger charge is -2.35. The minimum atomic E-state index is -3.05. The minimum absolute atomic E-state index is 0.492. The van der Waals surface area contributed by atoms with Crippen molar-refractivity contribution in [3.8, 4) is 0 Å². The average molecular weight is 249 g/mol. The van der Waals surface area contributed by atoms with Gasteiger partial charge in [-0.05, 0) is 25.8 Å². The standard InChI is InChI=1S/C10H23N3O2S/c1-16(14,15)12-7-5-10-4-2-3-8-13(10)9-6-11/h10,12H,2-9,11H2,1H3. The van der Waals surface area contributed by atoms with Gasteiger partial charge in [0.25, 0.3) is 0 Å². The molecule has 0 aromatic carbocycles. The fourth-order valence-corrected chi connectivity index (χ4v) is 2.75. The zero-order valence-electron chi connectivity index (χ0n) is 9.98. The molecule has 5 nitrogen and oxygen atoms in total. The maximum absolute atomic E-state index is 10.9. The normalized spacial score (nSPS) is 23.5. The van der Waals surface area contributed by atoms with Gasteiger partial charge in [-0.25, -0.2) is 13.1 Å². The molecule has 3 N–H and O–H groups in total. The maximum Gasteiger partial charge on any atom is 0.208 e. The van der Waals surface area contributed by atoms with E-state index < -0.39 is 10.0 Å². The van der Waals surface area contributed by atoms with E-state index in [0.717, 1.165) is 25.9 Å². The lowest BCUT2D eigenvalue weighted by Crippen LogP contribution is -2.43. The number of nitrogens with two attached hydrogens (primary N) is 1. The molecule has 0 bridgehead atoms. The Labute approximate surface area is 98.4 Å². The zero-order chi connectivity index (χ0) is 12.0. The minimum Gasteiger partial charge on any atom is -0.329 e. The highest BCUT2D eigenvalue weighted by Gasteiger charge is 2.21. The first kappa shape index (κ1) is 13.9. The van der Waals surface area contributed by atoms with Crippen LogP contribution in [0.5, 0.6) is 0 Å². The maximum atomic E-state index is 10.9. The summed E-state index contributed by atoms with van der Waals surface area (Å²) in [6.07, 6.45) is 5.71. The molecule has 1 aliphatic rings. The monoisotopic (exact) mass is 249 g/mol. The summed E-state index contributed by atoms with van der Waals surface area (Å²) in [5.74, 6) is 0. The molecule has 0 aromatic rings. The van der Waals surface area contributed by atoms with Crippen molar-refractivity contribution in [1.82, 2.24) is 9.62 Å². The van der Waals surface area contributed by atoms with Crippen molar-refractivity contribution in [2.24, 2.45) is 5.73 Å². The Bertz CT molecular complexity index is 290. The van der Waals surface area contributed by atoms with Crippen molar-refractivity contribution in [3.63, 3.8) is 0 Å². The SMILES string of the molecule is CS(=O)(=O)NCCC1CCCCN1CCN. The van der Waals surface area contributed by atoms with Crippen molar-refractivity contribution in [1.29, 1.82) is 0 Å². The molecular weight excluding hydrogens is 226 g/mol. The molecule has 1 atom stereocenters. The van der Waals surface area contributed by atoms with E-state index in [9.17, 15) is 8.42 Å². The number of hydrogen-bond acceptors (Lipinski definition) is 4. The van der Waals surface area contributed by atoms with Crippen LogP contribution < -0.4 is 10.5 Å². The van der Waals surface area contributed by atoms with Crippen molar-refractivity contribution in [2.45, 2.75) is 31.7 Å². The van der Waals surface area contributed by atoms with E-state index in [1.165, 1.54) is 19.1 Å². The second-order valence-electron chi connectivity index (χ2n) is 4.43. The predicted molar refractivity (Wildman–Crippen MR) is 65.7 cm³/mol. The highest BCUT2D eigenvalue weighted by molar-refractivity contribution is 7.88. The molecule has 0 radical (unpaired) electrons. The van der Waals surface area contributed by atoms with Gasteiger partial charge in [0.15, 0.2) is 0 Å². The van der Waals surface area contributed by atoms with Crippen LogP contribution in [0.2, 0.25) is 0 Å². The number of nitrogens with one attached hydrogen (secondary N) is 1. The van der Waals surface area contributed by atoms with Gasteiger partial charge in [0, 0.05) is 25.7 Å². The van der Waals surface area contributed by atoms with Gasteiger partial charge in [0.05, 0.1) is 6.26 Å². The summed E-state index contributed by atoms with van der Waals surface area (Å²) in [7, 11) is -3.05. The summed E-state index contributed by atoms with van der Waals surface area (Å²) < 4.78 is 24.4. The Kier molecular flexibility index (Phi) is 5.68. The van der Waals surface area contributed by atoms with Gasteiger partial charge in [-0.2, -0.15) is 0 Å². The third-order valence-corrected chi connectivity index (χ3v) is 3.74. The van der Waals surface area contributed by atoms with Crippen LogP contribution in [-0.2, 0) is 10.0 Å².